The van der Waals surface area contributed by atoms with Gasteiger partial charge in [0.05, 0.1) is 19.1 Å². The van der Waals surface area contributed by atoms with Crippen molar-refractivity contribution < 1.29 is 22.7 Å². The molecule has 0 saturated carbocycles. The largest absolute Gasteiger partial charge is 0.495 e. The molecule has 2 amide bonds. The minimum Gasteiger partial charge on any atom is -0.495 e. The van der Waals surface area contributed by atoms with Gasteiger partial charge in [0.1, 0.15) is 18.3 Å². The first kappa shape index (κ1) is 28.2. The molecular weight excluding hydrogens is 466 g/mol. The third-order valence-electron chi connectivity index (χ3n) is 6.05. The molecule has 2 aromatic carbocycles. The van der Waals surface area contributed by atoms with Crippen LogP contribution in [0.4, 0.5) is 5.69 Å². The summed E-state index contributed by atoms with van der Waals surface area (Å²) in [7, 11) is -2.39. The minimum atomic E-state index is -3.84. The molecule has 0 aliphatic rings. The van der Waals surface area contributed by atoms with Gasteiger partial charge in [-0.3, -0.25) is 13.9 Å². The van der Waals surface area contributed by atoms with Crippen LogP contribution >= 0.6 is 0 Å². The lowest BCUT2D eigenvalue weighted by Crippen LogP contribution is -2.52. The lowest BCUT2D eigenvalue weighted by Gasteiger charge is -2.32. The average Bonchev–Trinajstić information content (AvgIpc) is 2.80. The number of aryl methyl sites for hydroxylation is 2. The van der Waals surface area contributed by atoms with Gasteiger partial charge in [0, 0.05) is 12.6 Å². The van der Waals surface area contributed by atoms with E-state index in [0.29, 0.717) is 5.75 Å². The summed E-state index contributed by atoms with van der Waals surface area (Å²) < 4.78 is 32.0. The molecule has 0 bridgehead atoms. The average molecular weight is 504 g/mol. The summed E-state index contributed by atoms with van der Waals surface area (Å²) in [5.74, 6) is -0.448. The van der Waals surface area contributed by atoms with Crippen molar-refractivity contribution in [1.29, 1.82) is 0 Å². The summed E-state index contributed by atoms with van der Waals surface area (Å²) in [6, 6.07) is 11.9. The van der Waals surface area contributed by atoms with Crippen molar-refractivity contribution in [3.05, 3.63) is 59.2 Å². The van der Waals surface area contributed by atoms with Crippen LogP contribution in [0.1, 0.15) is 43.9 Å². The zero-order valence-corrected chi connectivity index (χ0v) is 22.5. The fourth-order valence-corrected chi connectivity index (χ4v) is 4.45. The van der Waals surface area contributed by atoms with E-state index >= 15 is 0 Å². The van der Waals surface area contributed by atoms with E-state index in [1.54, 1.807) is 25.1 Å². The van der Waals surface area contributed by atoms with Crippen molar-refractivity contribution in [3.63, 3.8) is 0 Å². The summed E-state index contributed by atoms with van der Waals surface area (Å²) in [6.07, 6.45) is 1.80. The SMILES string of the molecule is CC[C@H](C)NC(=O)[C@H](C)N(Cc1ccccc1C)C(=O)CN(c1cc(C)ccc1OC)S(C)(=O)=O. The molecule has 0 aromatic heterocycles. The van der Waals surface area contributed by atoms with Crippen LogP contribution in [0.3, 0.4) is 0 Å². The quantitative estimate of drug-likeness (QED) is 0.507. The number of nitrogens with zero attached hydrogens (tertiary/aromatic N) is 2. The number of carbonyl (C=O) groups is 2. The van der Waals surface area contributed by atoms with Gasteiger partial charge in [-0.2, -0.15) is 0 Å². The predicted molar refractivity (Wildman–Crippen MR) is 139 cm³/mol. The highest BCUT2D eigenvalue weighted by atomic mass is 32.2. The molecule has 192 valence electrons. The smallest absolute Gasteiger partial charge is 0.244 e. The second-order valence-electron chi connectivity index (χ2n) is 8.89. The number of methoxy groups -OCH3 is 1. The number of anilines is 1. The minimum absolute atomic E-state index is 0.0514. The number of ether oxygens (including phenoxy) is 1. The van der Waals surface area contributed by atoms with Crippen molar-refractivity contribution in [3.8, 4) is 5.75 Å². The zero-order chi connectivity index (χ0) is 26.3. The van der Waals surface area contributed by atoms with Crippen molar-refractivity contribution in [1.82, 2.24) is 10.2 Å². The fraction of sp³-hybridized carbons (Fsp3) is 0.462. The Hall–Kier alpha value is -3.07. The normalized spacial score (nSPS) is 13.0. The van der Waals surface area contributed by atoms with Crippen LogP contribution in [-0.4, -0.2) is 57.1 Å². The van der Waals surface area contributed by atoms with Gasteiger partial charge in [0.2, 0.25) is 21.8 Å². The Morgan fingerprint density at radius 3 is 2.31 bits per heavy atom. The van der Waals surface area contributed by atoms with Crippen LogP contribution in [0.25, 0.3) is 0 Å². The third-order valence-corrected chi connectivity index (χ3v) is 7.18. The fourth-order valence-electron chi connectivity index (χ4n) is 3.61. The van der Waals surface area contributed by atoms with Gasteiger partial charge in [-0.1, -0.05) is 37.3 Å². The number of hydrogen-bond acceptors (Lipinski definition) is 5. The first-order valence-electron chi connectivity index (χ1n) is 11.7. The Labute approximate surface area is 209 Å². The molecule has 0 aliphatic carbocycles. The van der Waals surface area contributed by atoms with Gasteiger partial charge >= 0.3 is 0 Å². The number of sulfonamides is 1. The van der Waals surface area contributed by atoms with E-state index in [0.717, 1.165) is 33.7 Å². The summed E-state index contributed by atoms with van der Waals surface area (Å²) in [4.78, 5) is 28.1. The Bertz CT molecular complexity index is 1150. The molecule has 0 radical (unpaired) electrons. The zero-order valence-electron chi connectivity index (χ0n) is 21.7. The maximum absolute atomic E-state index is 13.7. The van der Waals surface area contributed by atoms with Gasteiger partial charge in [-0.05, 0) is 62.9 Å². The van der Waals surface area contributed by atoms with E-state index in [9.17, 15) is 18.0 Å². The Kier molecular flexibility index (Phi) is 9.71. The maximum Gasteiger partial charge on any atom is 0.244 e. The number of hydrogen-bond donors (Lipinski definition) is 1. The Balaban J connectivity index is 2.47. The van der Waals surface area contributed by atoms with E-state index in [-0.39, 0.29) is 24.2 Å². The summed E-state index contributed by atoms with van der Waals surface area (Å²) in [5, 5.41) is 2.92. The second-order valence-corrected chi connectivity index (χ2v) is 10.8. The Morgan fingerprint density at radius 1 is 1.09 bits per heavy atom. The van der Waals surface area contributed by atoms with Gasteiger partial charge in [0.15, 0.2) is 0 Å². The molecule has 2 atom stereocenters. The lowest BCUT2D eigenvalue weighted by atomic mass is 10.1. The number of carbonyl (C=O) groups excluding carboxylic acids is 2. The van der Waals surface area contributed by atoms with E-state index < -0.39 is 28.5 Å². The molecule has 0 heterocycles. The molecule has 0 aliphatic heterocycles. The monoisotopic (exact) mass is 503 g/mol. The van der Waals surface area contributed by atoms with Gasteiger partial charge in [-0.25, -0.2) is 8.42 Å². The molecule has 0 spiro atoms. The molecule has 8 nitrogen and oxygen atoms in total. The molecule has 2 aromatic rings. The predicted octanol–water partition coefficient (Wildman–Crippen LogP) is 3.41. The van der Waals surface area contributed by atoms with E-state index in [4.69, 9.17) is 4.74 Å². The van der Waals surface area contributed by atoms with Gasteiger partial charge < -0.3 is 15.0 Å². The molecule has 1 N–H and O–H groups in total. The molecular formula is C26H37N3O5S. The standard InChI is InChI=1S/C26H37N3O5S/c1-8-20(4)27-26(31)21(5)28(16-22-12-10-9-11-19(22)3)25(30)17-29(35(7,32)33)23-15-18(2)13-14-24(23)34-6/h9-15,20-21H,8,16-17H2,1-7H3,(H,27,31)/t20-,21-/m0/s1. The Morgan fingerprint density at radius 2 is 1.74 bits per heavy atom. The number of benzene rings is 2. The number of amides is 2. The van der Waals surface area contributed by atoms with E-state index in [1.165, 1.54) is 12.0 Å². The summed E-state index contributed by atoms with van der Waals surface area (Å²) >= 11 is 0. The van der Waals surface area contributed by atoms with Crippen molar-refractivity contribution >= 4 is 27.5 Å². The van der Waals surface area contributed by atoms with Crippen molar-refractivity contribution in [2.75, 3.05) is 24.2 Å². The second kappa shape index (κ2) is 12.1. The van der Waals surface area contributed by atoms with Crippen LogP contribution in [0.5, 0.6) is 5.75 Å². The topological polar surface area (TPSA) is 96.0 Å². The molecule has 0 saturated heterocycles. The highest BCUT2D eigenvalue weighted by Gasteiger charge is 2.31. The van der Waals surface area contributed by atoms with Crippen molar-refractivity contribution in [2.24, 2.45) is 0 Å². The van der Waals surface area contributed by atoms with Crippen LogP contribution in [0.15, 0.2) is 42.5 Å². The molecule has 9 heteroatoms. The van der Waals surface area contributed by atoms with E-state index in [1.807, 2.05) is 52.0 Å². The van der Waals surface area contributed by atoms with Crippen LogP contribution in [0, 0.1) is 13.8 Å². The van der Waals surface area contributed by atoms with Crippen LogP contribution < -0.4 is 14.4 Å². The number of nitrogens with one attached hydrogen (secondary N) is 1. The molecule has 0 unspecified atom stereocenters. The summed E-state index contributed by atoms with van der Waals surface area (Å²) in [6.45, 7) is 8.98. The highest BCUT2D eigenvalue weighted by molar-refractivity contribution is 7.92. The van der Waals surface area contributed by atoms with E-state index in [2.05, 4.69) is 5.32 Å². The number of rotatable bonds is 11. The first-order chi connectivity index (χ1) is 16.4. The molecule has 2 rings (SSSR count). The molecule has 35 heavy (non-hydrogen) atoms. The highest BCUT2D eigenvalue weighted by Crippen LogP contribution is 2.31. The lowest BCUT2D eigenvalue weighted by molar-refractivity contribution is -0.139. The maximum atomic E-state index is 13.7. The van der Waals surface area contributed by atoms with Crippen LogP contribution in [0.2, 0.25) is 0 Å². The first-order valence-corrected chi connectivity index (χ1v) is 13.5. The van der Waals surface area contributed by atoms with Gasteiger partial charge in [-0.15, -0.1) is 0 Å². The van der Waals surface area contributed by atoms with Gasteiger partial charge in [0.25, 0.3) is 0 Å². The van der Waals surface area contributed by atoms with Crippen molar-refractivity contribution in [2.45, 2.75) is 59.7 Å². The van der Waals surface area contributed by atoms with Crippen LogP contribution in [-0.2, 0) is 26.2 Å². The molecule has 0 fully saturated rings. The summed E-state index contributed by atoms with van der Waals surface area (Å²) in [5.41, 5.74) is 2.94. The third kappa shape index (κ3) is 7.45.